The first-order valence-electron chi connectivity index (χ1n) is 8.33. The molecule has 0 aliphatic carbocycles. The molecule has 0 radical (unpaired) electrons. The summed E-state index contributed by atoms with van der Waals surface area (Å²) in [5.74, 6) is -1.77. The normalized spacial score (nSPS) is 11.4. The molecule has 0 bridgehead atoms. The van der Waals surface area contributed by atoms with Gasteiger partial charge in [0.05, 0.1) is 11.1 Å². The molecule has 6 nitrogen and oxygen atoms in total. The Balaban J connectivity index is 1.74. The fraction of sp³-hybridized carbons (Fsp3) is 0.250. The fourth-order valence-electron chi connectivity index (χ4n) is 2.50. The van der Waals surface area contributed by atoms with E-state index in [1.165, 1.54) is 0 Å². The second-order valence-electron chi connectivity index (χ2n) is 6.13. The van der Waals surface area contributed by atoms with Gasteiger partial charge in [-0.2, -0.15) is 5.48 Å². The molecule has 2 N–H and O–H groups in total. The number of benzene rings is 2. The van der Waals surface area contributed by atoms with Gasteiger partial charge in [0.1, 0.15) is 0 Å². The van der Waals surface area contributed by atoms with Crippen molar-refractivity contribution in [1.29, 1.82) is 0 Å². The van der Waals surface area contributed by atoms with Gasteiger partial charge in [-0.25, -0.2) is 9.59 Å². The summed E-state index contributed by atoms with van der Waals surface area (Å²) in [6.45, 7) is 1.98. The van der Waals surface area contributed by atoms with Crippen LogP contribution in [0.3, 0.4) is 0 Å². The monoisotopic (exact) mass is 355 g/mol. The number of hydroxylamine groups is 1. The molecular weight excluding hydrogens is 334 g/mol. The topological polar surface area (TPSA) is 92.7 Å². The molecule has 2 aromatic carbocycles. The van der Waals surface area contributed by atoms with Crippen molar-refractivity contribution in [3.63, 3.8) is 0 Å². The van der Waals surface area contributed by atoms with Gasteiger partial charge < -0.3 is 9.94 Å². The summed E-state index contributed by atoms with van der Waals surface area (Å²) >= 11 is 0. The number of aromatic carboxylic acids is 1. The molecule has 0 aromatic heterocycles. The van der Waals surface area contributed by atoms with Crippen LogP contribution in [-0.4, -0.2) is 23.0 Å². The van der Waals surface area contributed by atoms with Crippen molar-refractivity contribution in [2.45, 2.75) is 26.2 Å². The predicted molar refractivity (Wildman–Crippen MR) is 95.5 cm³/mol. The molecule has 0 aliphatic rings. The maximum atomic E-state index is 11.8. The van der Waals surface area contributed by atoms with Gasteiger partial charge in [-0.3, -0.25) is 4.79 Å². The standard InChI is InChI=1S/C20H21NO5/c1-14(12-15-6-5-9-17(13-15)19(23)24)10-11-18(22)21-26-20(25)16-7-3-2-4-8-16/h2-9,13-14H,10-12H2,1H3,(H,21,22)(H,23,24). The van der Waals surface area contributed by atoms with Gasteiger partial charge in [-0.15, -0.1) is 0 Å². The van der Waals surface area contributed by atoms with Crippen LogP contribution in [0.5, 0.6) is 0 Å². The number of hydrogen-bond donors (Lipinski definition) is 2. The van der Waals surface area contributed by atoms with Crippen LogP contribution in [0.4, 0.5) is 0 Å². The summed E-state index contributed by atoms with van der Waals surface area (Å²) < 4.78 is 0. The quantitative estimate of drug-likeness (QED) is 0.744. The SMILES string of the molecule is CC(CCC(=O)NOC(=O)c1ccccc1)Cc1cccc(C(=O)O)c1. The molecule has 1 amide bonds. The van der Waals surface area contributed by atoms with Crippen LogP contribution in [0.2, 0.25) is 0 Å². The van der Waals surface area contributed by atoms with E-state index in [1.807, 2.05) is 13.0 Å². The highest BCUT2D eigenvalue weighted by atomic mass is 16.7. The minimum Gasteiger partial charge on any atom is -0.478 e. The first-order chi connectivity index (χ1) is 12.5. The molecule has 6 heteroatoms. The molecule has 0 fully saturated rings. The zero-order valence-electron chi connectivity index (χ0n) is 14.5. The summed E-state index contributed by atoms with van der Waals surface area (Å²) in [5.41, 5.74) is 3.68. The van der Waals surface area contributed by atoms with E-state index in [2.05, 4.69) is 5.48 Å². The van der Waals surface area contributed by atoms with Crippen molar-refractivity contribution in [3.8, 4) is 0 Å². The van der Waals surface area contributed by atoms with Gasteiger partial charge in [0.25, 0.3) is 5.91 Å². The third-order valence-electron chi connectivity index (χ3n) is 3.89. The minimum atomic E-state index is -0.959. The molecular formula is C20H21NO5. The summed E-state index contributed by atoms with van der Waals surface area (Å²) in [4.78, 5) is 39.3. The lowest BCUT2D eigenvalue weighted by atomic mass is 9.95. The van der Waals surface area contributed by atoms with Crippen LogP contribution < -0.4 is 5.48 Å². The van der Waals surface area contributed by atoms with E-state index in [4.69, 9.17) is 9.94 Å². The predicted octanol–water partition coefficient (Wildman–Crippen LogP) is 3.23. The smallest absolute Gasteiger partial charge is 0.362 e. The molecule has 0 saturated carbocycles. The average molecular weight is 355 g/mol. The first kappa shape index (κ1) is 19.2. The van der Waals surface area contributed by atoms with Crippen LogP contribution in [0, 0.1) is 5.92 Å². The number of nitrogens with one attached hydrogen (secondary N) is 1. The van der Waals surface area contributed by atoms with E-state index >= 15 is 0 Å². The van der Waals surface area contributed by atoms with Gasteiger partial charge in [-0.05, 0) is 48.6 Å². The maximum Gasteiger partial charge on any atom is 0.362 e. The van der Waals surface area contributed by atoms with Crippen molar-refractivity contribution in [1.82, 2.24) is 5.48 Å². The molecule has 26 heavy (non-hydrogen) atoms. The Labute approximate surface area is 151 Å². The zero-order valence-corrected chi connectivity index (χ0v) is 14.5. The molecule has 136 valence electrons. The van der Waals surface area contributed by atoms with E-state index in [0.29, 0.717) is 18.4 Å². The largest absolute Gasteiger partial charge is 0.478 e. The van der Waals surface area contributed by atoms with Crippen LogP contribution in [0.15, 0.2) is 54.6 Å². The second kappa shape index (κ2) is 9.36. The highest BCUT2D eigenvalue weighted by Crippen LogP contribution is 2.15. The van der Waals surface area contributed by atoms with Gasteiger partial charge in [0.2, 0.25) is 0 Å². The van der Waals surface area contributed by atoms with Crippen molar-refractivity contribution in [2.75, 3.05) is 0 Å². The summed E-state index contributed by atoms with van der Waals surface area (Å²) in [6, 6.07) is 15.2. The molecule has 2 aromatic rings. The first-order valence-corrected chi connectivity index (χ1v) is 8.33. The number of carbonyl (C=O) groups is 3. The highest BCUT2D eigenvalue weighted by Gasteiger charge is 2.12. The van der Waals surface area contributed by atoms with Crippen LogP contribution in [0.25, 0.3) is 0 Å². The summed E-state index contributed by atoms with van der Waals surface area (Å²) in [7, 11) is 0. The molecule has 0 aliphatic heterocycles. The Morgan fingerprint density at radius 1 is 1.04 bits per heavy atom. The average Bonchev–Trinajstić information content (AvgIpc) is 2.65. The Morgan fingerprint density at radius 2 is 1.73 bits per heavy atom. The second-order valence-corrected chi connectivity index (χ2v) is 6.13. The van der Waals surface area contributed by atoms with Crippen molar-refractivity contribution >= 4 is 17.8 Å². The number of carbonyl (C=O) groups excluding carboxylic acids is 2. The minimum absolute atomic E-state index is 0.176. The molecule has 1 atom stereocenters. The molecule has 0 heterocycles. The third kappa shape index (κ3) is 6.05. The van der Waals surface area contributed by atoms with E-state index in [0.717, 1.165) is 5.56 Å². The molecule has 2 rings (SSSR count). The van der Waals surface area contributed by atoms with Gasteiger partial charge in [0.15, 0.2) is 0 Å². The summed E-state index contributed by atoms with van der Waals surface area (Å²) in [6.07, 6.45) is 1.46. The van der Waals surface area contributed by atoms with Crippen molar-refractivity contribution in [3.05, 3.63) is 71.3 Å². The van der Waals surface area contributed by atoms with Crippen LogP contribution in [0.1, 0.15) is 46.0 Å². The van der Waals surface area contributed by atoms with E-state index in [-0.39, 0.29) is 23.8 Å². The fourth-order valence-corrected chi connectivity index (χ4v) is 2.50. The van der Waals surface area contributed by atoms with Gasteiger partial charge in [0, 0.05) is 6.42 Å². The molecule has 0 saturated heterocycles. The Kier molecular flexibility index (Phi) is 6.91. The number of hydrogen-bond acceptors (Lipinski definition) is 4. The van der Waals surface area contributed by atoms with Crippen LogP contribution in [-0.2, 0) is 16.1 Å². The zero-order chi connectivity index (χ0) is 18.9. The Morgan fingerprint density at radius 3 is 2.42 bits per heavy atom. The Hall–Kier alpha value is -3.15. The lowest BCUT2D eigenvalue weighted by Gasteiger charge is -2.12. The Bertz CT molecular complexity index is 773. The van der Waals surface area contributed by atoms with Crippen molar-refractivity contribution < 1.29 is 24.3 Å². The molecule has 1 unspecified atom stereocenters. The number of carboxylic acid groups (broad SMARTS) is 1. The number of rotatable bonds is 7. The van der Waals surface area contributed by atoms with E-state index < -0.39 is 11.9 Å². The van der Waals surface area contributed by atoms with E-state index in [1.54, 1.807) is 48.5 Å². The third-order valence-corrected chi connectivity index (χ3v) is 3.89. The maximum absolute atomic E-state index is 11.8. The lowest BCUT2D eigenvalue weighted by Crippen LogP contribution is -2.27. The van der Waals surface area contributed by atoms with Gasteiger partial charge >= 0.3 is 11.9 Å². The van der Waals surface area contributed by atoms with Crippen molar-refractivity contribution in [2.24, 2.45) is 5.92 Å². The van der Waals surface area contributed by atoms with Gasteiger partial charge in [-0.1, -0.05) is 37.3 Å². The molecule has 0 spiro atoms. The van der Waals surface area contributed by atoms with E-state index in [9.17, 15) is 14.4 Å². The van der Waals surface area contributed by atoms with Crippen LogP contribution >= 0.6 is 0 Å². The summed E-state index contributed by atoms with van der Waals surface area (Å²) in [5, 5.41) is 9.01. The number of carboxylic acids is 1. The highest BCUT2D eigenvalue weighted by molar-refractivity contribution is 5.90. The number of amides is 1. The lowest BCUT2D eigenvalue weighted by molar-refractivity contribution is -0.130.